The quantitative estimate of drug-likeness (QED) is 0.712. The fraction of sp³-hybridized carbons (Fsp3) is 0.0556. The Hall–Kier alpha value is -3.19. The summed E-state index contributed by atoms with van der Waals surface area (Å²) in [7, 11) is 0. The summed E-state index contributed by atoms with van der Waals surface area (Å²) in [5, 5.41) is 4.61. The maximum Gasteiger partial charge on any atom is 0.255 e. The third-order valence-electron chi connectivity index (χ3n) is 3.43. The SMILES string of the molecule is NC(=O)c1ccccc1NC(=O)c1ccc(OCc2cscn2)cc1. The number of hydrogen-bond acceptors (Lipinski definition) is 5. The van der Waals surface area contributed by atoms with Crippen molar-refractivity contribution < 1.29 is 14.3 Å². The van der Waals surface area contributed by atoms with Crippen LogP contribution in [0.1, 0.15) is 26.4 Å². The maximum atomic E-state index is 12.3. The molecule has 0 aliphatic heterocycles. The summed E-state index contributed by atoms with van der Waals surface area (Å²) < 4.78 is 5.61. The Morgan fingerprint density at radius 3 is 2.56 bits per heavy atom. The number of nitrogens with one attached hydrogen (secondary N) is 1. The molecular weight excluding hydrogens is 338 g/mol. The molecule has 126 valence electrons. The van der Waals surface area contributed by atoms with Crippen LogP contribution in [0.15, 0.2) is 59.4 Å². The standard InChI is InChI=1S/C18H15N3O3S/c19-17(22)15-3-1-2-4-16(15)21-18(23)12-5-7-14(8-6-12)24-9-13-10-25-11-20-13/h1-8,10-11H,9H2,(H2,19,22)(H,21,23). The lowest BCUT2D eigenvalue weighted by molar-refractivity contribution is 0.100. The molecule has 6 nitrogen and oxygen atoms in total. The third-order valence-corrected chi connectivity index (χ3v) is 4.06. The lowest BCUT2D eigenvalue weighted by Crippen LogP contribution is -2.18. The van der Waals surface area contributed by atoms with E-state index in [1.54, 1.807) is 54.0 Å². The Morgan fingerprint density at radius 2 is 1.88 bits per heavy atom. The molecule has 3 aromatic rings. The lowest BCUT2D eigenvalue weighted by atomic mass is 10.1. The fourth-order valence-corrected chi connectivity index (χ4v) is 2.71. The van der Waals surface area contributed by atoms with Crippen LogP contribution in [0.5, 0.6) is 5.75 Å². The molecule has 1 heterocycles. The van der Waals surface area contributed by atoms with E-state index >= 15 is 0 Å². The molecule has 0 spiro atoms. The highest BCUT2D eigenvalue weighted by Crippen LogP contribution is 2.18. The Morgan fingerprint density at radius 1 is 1.12 bits per heavy atom. The van der Waals surface area contributed by atoms with Crippen LogP contribution in [0.25, 0.3) is 0 Å². The number of thiazole rings is 1. The number of carbonyl (C=O) groups excluding carboxylic acids is 2. The fourth-order valence-electron chi connectivity index (χ4n) is 2.17. The van der Waals surface area contributed by atoms with Gasteiger partial charge in [-0.25, -0.2) is 4.98 Å². The van der Waals surface area contributed by atoms with Gasteiger partial charge in [-0.05, 0) is 36.4 Å². The number of rotatable bonds is 6. The monoisotopic (exact) mass is 353 g/mol. The van der Waals surface area contributed by atoms with Crippen molar-refractivity contribution in [2.75, 3.05) is 5.32 Å². The normalized spacial score (nSPS) is 10.2. The maximum absolute atomic E-state index is 12.3. The molecule has 1 aromatic heterocycles. The van der Waals surface area contributed by atoms with Crippen molar-refractivity contribution in [1.82, 2.24) is 4.98 Å². The second kappa shape index (κ2) is 7.59. The van der Waals surface area contributed by atoms with Crippen molar-refractivity contribution in [2.24, 2.45) is 5.73 Å². The van der Waals surface area contributed by atoms with Crippen LogP contribution in [-0.2, 0) is 6.61 Å². The van der Waals surface area contributed by atoms with Crippen LogP contribution in [0.2, 0.25) is 0 Å². The van der Waals surface area contributed by atoms with Crippen LogP contribution < -0.4 is 15.8 Å². The number of hydrogen-bond donors (Lipinski definition) is 2. The molecule has 0 aliphatic rings. The van der Waals surface area contributed by atoms with Gasteiger partial charge in [-0.1, -0.05) is 12.1 Å². The van der Waals surface area contributed by atoms with Gasteiger partial charge in [0.25, 0.3) is 11.8 Å². The Kier molecular flexibility index (Phi) is 5.06. The van der Waals surface area contributed by atoms with Gasteiger partial charge in [0.15, 0.2) is 0 Å². The average molecular weight is 353 g/mol. The molecule has 0 fully saturated rings. The van der Waals surface area contributed by atoms with Gasteiger partial charge in [0, 0.05) is 10.9 Å². The van der Waals surface area contributed by atoms with Crippen LogP contribution in [0.4, 0.5) is 5.69 Å². The van der Waals surface area contributed by atoms with Gasteiger partial charge in [0.2, 0.25) is 0 Å². The zero-order valence-corrected chi connectivity index (χ0v) is 14.0. The second-order valence-electron chi connectivity index (χ2n) is 5.16. The summed E-state index contributed by atoms with van der Waals surface area (Å²) in [6.45, 7) is 0.376. The zero-order chi connectivity index (χ0) is 17.6. The summed E-state index contributed by atoms with van der Waals surface area (Å²) >= 11 is 1.51. The molecule has 3 rings (SSSR count). The van der Waals surface area contributed by atoms with Gasteiger partial charge in [-0.2, -0.15) is 0 Å². The highest BCUT2D eigenvalue weighted by molar-refractivity contribution is 7.07. The number of nitrogens with zero attached hydrogens (tertiary/aromatic N) is 1. The molecule has 25 heavy (non-hydrogen) atoms. The largest absolute Gasteiger partial charge is 0.487 e. The van der Waals surface area contributed by atoms with Crippen molar-refractivity contribution >= 4 is 28.8 Å². The number of carbonyl (C=O) groups is 2. The molecule has 2 amide bonds. The zero-order valence-electron chi connectivity index (χ0n) is 13.1. The van der Waals surface area contributed by atoms with Gasteiger partial charge in [-0.15, -0.1) is 11.3 Å². The molecule has 0 saturated heterocycles. The number of nitrogens with two attached hydrogens (primary N) is 1. The van der Waals surface area contributed by atoms with E-state index in [1.807, 2.05) is 5.38 Å². The molecule has 0 unspecified atom stereocenters. The van der Waals surface area contributed by atoms with E-state index in [0.29, 0.717) is 23.6 Å². The average Bonchev–Trinajstić information content (AvgIpc) is 3.14. The van der Waals surface area contributed by atoms with E-state index in [1.165, 1.54) is 11.3 Å². The smallest absolute Gasteiger partial charge is 0.255 e. The van der Waals surface area contributed by atoms with E-state index in [-0.39, 0.29) is 11.5 Å². The molecule has 3 N–H and O–H groups in total. The Bertz CT molecular complexity index is 877. The summed E-state index contributed by atoms with van der Waals surface area (Å²) in [5.74, 6) is -0.288. The van der Waals surface area contributed by atoms with E-state index < -0.39 is 5.91 Å². The van der Waals surface area contributed by atoms with Gasteiger partial charge in [0.05, 0.1) is 22.5 Å². The highest BCUT2D eigenvalue weighted by atomic mass is 32.1. The number of para-hydroxylation sites is 1. The van der Waals surface area contributed by atoms with Crippen LogP contribution >= 0.6 is 11.3 Å². The molecule has 0 bridgehead atoms. The van der Waals surface area contributed by atoms with Gasteiger partial charge < -0.3 is 15.8 Å². The molecule has 0 radical (unpaired) electrons. The molecule has 2 aromatic carbocycles. The number of aromatic nitrogens is 1. The first-order chi connectivity index (χ1) is 12.1. The molecule has 0 atom stereocenters. The molecular formula is C18H15N3O3S. The second-order valence-corrected chi connectivity index (χ2v) is 5.88. The van der Waals surface area contributed by atoms with Crippen molar-refractivity contribution in [3.8, 4) is 5.75 Å². The Balaban J connectivity index is 1.66. The number of benzene rings is 2. The van der Waals surface area contributed by atoms with Crippen LogP contribution in [0, 0.1) is 0 Å². The van der Waals surface area contributed by atoms with E-state index in [2.05, 4.69) is 10.3 Å². The van der Waals surface area contributed by atoms with Crippen molar-refractivity contribution in [2.45, 2.75) is 6.61 Å². The number of anilines is 1. The molecule has 0 saturated carbocycles. The van der Waals surface area contributed by atoms with Crippen molar-refractivity contribution in [3.05, 3.63) is 76.2 Å². The summed E-state index contributed by atoms with van der Waals surface area (Å²) in [4.78, 5) is 27.9. The summed E-state index contributed by atoms with van der Waals surface area (Å²) in [6.07, 6.45) is 0. The topological polar surface area (TPSA) is 94.3 Å². The number of primary amides is 1. The van der Waals surface area contributed by atoms with Crippen LogP contribution in [0.3, 0.4) is 0 Å². The van der Waals surface area contributed by atoms with Gasteiger partial charge >= 0.3 is 0 Å². The third kappa shape index (κ3) is 4.21. The summed E-state index contributed by atoms with van der Waals surface area (Å²) in [5.41, 5.74) is 9.00. The van der Waals surface area contributed by atoms with E-state index in [9.17, 15) is 9.59 Å². The Labute approximate surface area is 148 Å². The summed E-state index contributed by atoms with van der Waals surface area (Å²) in [6, 6.07) is 13.3. The predicted molar refractivity (Wildman–Crippen MR) is 95.8 cm³/mol. The minimum absolute atomic E-state index is 0.263. The number of ether oxygens (including phenoxy) is 1. The number of amides is 2. The van der Waals surface area contributed by atoms with Crippen molar-refractivity contribution in [3.63, 3.8) is 0 Å². The van der Waals surface area contributed by atoms with Gasteiger partial charge in [0.1, 0.15) is 12.4 Å². The first-order valence-corrected chi connectivity index (χ1v) is 8.38. The van der Waals surface area contributed by atoms with E-state index in [4.69, 9.17) is 10.5 Å². The van der Waals surface area contributed by atoms with Crippen LogP contribution in [-0.4, -0.2) is 16.8 Å². The van der Waals surface area contributed by atoms with Gasteiger partial charge in [-0.3, -0.25) is 9.59 Å². The first-order valence-electron chi connectivity index (χ1n) is 7.43. The minimum Gasteiger partial charge on any atom is -0.487 e. The first kappa shape index (κ1) is 16.7. The minimum atomic E-state index is -0.596. The van der Waals surface area contributed by atoms with Crippen molar-refractivity contribution in [1.29, 1.82) is 0 Å². The molecule has 0 aliphatic carbocycles. The molecule has 7 heteroatoms. The predicted octanol–water partition coefficient (Wildman–Crippen LogP) is 3.07. The highest BCUT2D eigenvalue weighted by Gasteiger charge is 2.12. The van der Waals surface area contributed by atoms with E-state index in [0.717, 1.165) is 5.69 Å². The lowest BCUT2D eigenvalue weighted by Gasteiger charge is -2.09.